The van der Waals surface area contributed by atoms with Gasteiger partial charge in [-0.25, -0.2) is 0 Å². The molecule has 0 spiro atoms. The molecule has 0 aliphatic heterocycles. The zero-order valence-electron chi connectivity index (χ0n) is 8.99. The van der Waals surface area contributed by atoms with E-state index >= 15 is 0 Å². The number of hydrogen-bond donors (Lipinski definition) is 0. The summed E-state index contributed by atoms with van der Waals surface area (Å²) in [6.45, 7) is 0. The molecule has 0 amide bonds. The molecule has 0 fully saturated rings. The average Bonchev–Trinajstić information content (AvgIpc) is 2.23. The molecule has 0 aromatic heterocycles. The third-order valence-corrected chi connectivity index (χ3v) is 2.57. The highest BCUT2D eigenvalue weighted by atomic mass is 19.4. The summed E-state index contributed by atoms with van der Waals surface area (Å²) in [6.07, 6.45) is -8.70. The Hall–Kier alpha value is -1.17. The number of allylic oxidation sites excluding steroid dienone is 2. The van der Waals surface area contributed by atoms with Crippen molar-refractivity contribution in [3.63, 3.8) is 0 Å². The van der Waals surface area contributed by atoms with Gasteiger partial charge in [-0.05, 0) is 0 Å². The predicted molar refractivity (Wildman–Crippen MR) is 38.9 cm³/mol. The van der Waals surface area contributed by atoms with E-state index in [2.05, 4.69) is 0 Å². The van der Waals surface area contributed by atoms with Gasteiger partial charge in [-0.3, -0.25) is 0 Å². The molecule has 0 nitrogen and oxygen atoms in total. The Balaban J connectivity index is 3.39. The maximum absolute atomic E-state index is 12.9. The normalized spacial score (nSPS) is 22.6. The van der Waals surface area contributed by atoms with E-state index in [1.807, 2.05) is 0 Å². The van der Waals surface area contributed by atoms with Crippen LogP contribution in [-0.4, -0.2) is 35.8 Å². The largest absolute Gasteiger partial charge is 0.460 e. The van der Waals surface area contributed by atoms with Gasteiger partial charge in [-0.2, -0.15) is 57.1 Å². The summed E-state index contributed by atoms with van der Waals surface area (Å²) in [5.74, 6) is -33.0. The van der Waals surface area contributed by atoms with Gasteiger partial charge in [0, 0.05) is 6.08 Å². The lowest BCUT2D eigenvalue weighted by molar-refractivity contribution is -0.395. The van der Waals surface area contributed by atoms with Crippen LogP contribution >= 0.6 is 0 Å². The molecule has 0 radical (unpaired) electrons. The minimum atomic E-state index is -7.43. The van der Waals surface area contributed by atoms with E-state index in [1.165, 1.54) is 0 Å². The first-order chi connectivity index (χ1) is 8.84. The SMILES string of the molecule is FC(F)(F)C(F)(F)C(F)(F)C(F)(F)C1=CC(F)(F)C1(F)F. The fraction of sp³-hybridized carbons (Fsp3) is 0.750. The van der Waals surface area contributed by atoms with Gasteiger partial charge in [0.2, 0.25) is 0 Å². The van der Waals surface area contributed by atoms with Crippen LogP contribution < -0.4 is 0 Å². The molecule has 21 heavy (non-hydrogen) atoms. The fourth-order valence-corrected chi connectivity index (χ4v) is 1.30. The summed E-state index contributed by atoms with van der Waals surface area (Å²) in [5.41, 5.74) is -3.51. The summed E-state index contributed by atoms with van der Waals surface area (Å²) in [6, 6.07) is 0. The molecule has 0 N–H and O–H groups in total. The predicted octanol–water partition coefficient (Wildman–Crippen LogP) is 4.67. The van der Waals surface area contributed by atoms with E-state index in [1.54, 1.807) is 0 Å². The van der Waals surface area contributed by atoms with Gasteiger partial charge < -0.3 is 0 Å². The Kier molecular flexibility index (Phi) is 3.38. The van der Waals surface area contributed by atoms with E-state index < -0.39 is 47.4 Å². The Labute approximate surface area is 106 Å². The van der Waals surface area contributed by atoms with Crippen LogP contribution in [0.4, 0.5) is 57.1 Å². The molecular formula is C8HF13. The highest BCUT2D eigenvalue weighted by molar-refractivity contribution is 5.41. The van der Waals surface area contributed by atoms with Crippen molar-refractivity contribution in [3.05, 3.63) is 11.6 Å². The first-order valence-corrected chi connectivity index (χ1v) is 4.53. The molecule has 13 heteroatoms. The first-order valence-electron chi connectivity index (χ1n) is 4.53. The lowest BCUT2D eigenvalue weighted by atomic mass is 9.81. The number of alkyl halides is 13. The summed E-state index contributed by atoms with van der Waals surface area (Å²) in [5, 5.41) is 0. The molecule has 0 saturated carbocycles. The van der Waals surface area contributed by atoms with Gasteiger partial charge >= 0.3 is 35.8 Å². The molecule has 0 unspecified atom stereocenters. The van der Waals surface area contributed by atoms with E-state index in [0.717, 1.165) is 0 Å². The van der Waals surface area contributed by atoms with Gasteiger partial charge in [-0.15, -0.1) is 0 Å². The van der Waals surface area contributed by atoms with E-state index in [4.69, 9.17) is 0 Å². The van der Waals surface area contributed by atoms with Gasteiger partial charge in [0.05, 0.1) is 5.57 Å². The minimum absolute atomic E-state index is 1.48. The summed E-state index contributed by atoms with van der Waals surface area (Å²) >= 11 is 0. The maximum atomic E-state index is 12.9. The van der Waals surface area contributed by atoms with Crippen molar-refractivity contribution in [2.24, 2.45) is 0 Å². The van der Waals surface area contributed by atoms with E-state index in [-0.39, 0.29) is 0 Å². The maximum Gasteiger partial charge on any atom is 0.460 e. The van der Waals surface area contributed by atoms with Crippen LogP contribution in [-0.2, 0) is 0 Å². The van der Waals surface area contributed by atoms with Crippen LogP contribution in [0.3, 0.4) is 0 Å². The van der Waals surface area contributed by atoms with Crippen LogP contribution in [0.25, 0.3) is 0 Å². The summed E-state index contributed by atoms with van der Waals surface area (Å²) < 4.78 is 160. The molecule has 0 aromatic rings. The monoisotopic (exact) mass is 344 g/mol. The Morgan fingerprint density at radius 2 is 1.05 bits per heavy atom. The lowest BCUT2D eigenvalue weighted by Crippen LogP contribution is -2.66. The molecule has 0 aromatic carbocycles. The zero-order chi connectivity index (χ0) is 17.3. The molecular weight excluding hydrogens is 343 g/mol. The fourth-order valence-electron chi connectivity index (χ4n) is 1.30. The van der Waals surface area contributed by atoms with E-state index in [0.29, 0.717) is 0 Å². The quantitative estimate of drug-likeness (QED) is 0.516. The second-order valence-corrected chi connectivity index (χ2v) is 3.98. The van der Waals surface area contributed by atoms with E-state index in [9.17, 15) is 57.1 Å². The van der Waals surface area contributed by atoms with Crippen LogP contribution in [0.15, 0.2) is 11.6 Å². The summed E-state index contributed by atoms with van der Waals surface area (Å²) in [7, 11) is 0. The molecule has 1 rings (SSSR count). The second kappa shape index (κ2) is 3.97. The third-order valence-electron chi connectivity index (χ3n) is 2.57. The molecule has 1 aliphatic rings. The van der Waals surface area contributed by atoms with Crippen LogP contribution in [0.1, 0.15) is 0 Å². The van der Waals surface area contributed by atoms with Crippen molar-refractivity contribution in [3.8, 4) is 0 Å². The zero-order valence-corrected chi connectivity index (χ0v) is 8.99. The molecule has 1 aliphatic carbocycles. The molecule has 124 valence electrons. The van der Waals surface area contributed by atoms with Crippen molar-refractivity contribution in [2.45, 2.75) is 35.8 Å². The van der Waals surface area contributed by atoms with Crippen LogP contribution in [0.2, 0.25) is 0 Å². The standard InChI is InChI=1S/C8HF13/c9-3(10)1-2(4(3,11)12)5(13,14)6(15,16)7(17,18)8(19,20)21/h1H. The molecule has 0 heterocycles. The van der Waals surface area contributed by atoms with Crippen molar-refractivity contribution in [1.29, 1.82) is 0 Å². The van der Waals surface area contributed by atoms with Crippen molar-refractivity contribution in [2.75, 3.05) is 0 Å². The molecule has 0 atom stereocenters. The minimum Gasteiger partial charge on any atom is -0.195 e. The number of rotatable bonds is 3. The molecule has 0 bridgehead atoms. The topological polar surface area (TPSA) is 0 Å². The lowest BCUT2D eigenvalue weighted by Gasteiger charge is -2.42. The second-order valence-electron chi connectivity index (χ2n) is 3.98. The Bertz CT molecular complexity index is 465. The highest BCUT2D eigenvalue weighted by Crippen LogP contribution is 2.62. The summed E-state index contributed by atoms with van der Waals surface area (Å²) in [4.78, 5) is 0. The Morgan fingerprint density at radius 1 is 0.667 bits per heavy atom. The number of hydrogen-bond acceptors (Lipinski definition) is 0. The van der Waals surface area contributed by atoms with Crippen molar-refractivity contribution in [1.82, 2.24) is 0 Å². The smallest absolute Gasteiger partial charge is 0.195 e. The van der Waals surface area contributed by atoms with Gasteiger partial charge in [-0.1, -0.05) is 0 Å². The number of halogens is 13. The van der Waals surface area contributed by atoms with Gasteiger partial charge in [0.15, 0.2) is 0 Å². The highest BCUT2D eigenvalue weighted by Gasteiger charge is 2.86. The van der Waals surface area contributed by atoms with Gasteiger partial charge in [0.1, 0.15) is 0 Å². The van der Waals surface area contributed by atoms with Crippen molar-refractivity contribution >= 4 is 0 Å². The first kappa shape index (κ1) is 17.9. The van der Waals surface area contributed by atoms with Gasteiger partial charge in [0.25, 0.3) is 0 Å². The molecule has 0 saturated heterocycles. The third kappa shape index (κ3) is 1.99. The van der Waals surface area contributed by atoms with Crippen LogP contribution in [0.5, 0.6) is 0 Å². The average molecular weight is 344 g/mol. The Morgan fingerprint density at radius 3 is 1.29 bits per heavy atom. The van der Waals surface area contributed by atoms with Crippen LogP contribution in [0, 0.1) is 0 Å². The van der Waals surface area contributed by atoms with Crippen molar-refractivity contribution < 1.29 is 57.1 Å².